The van der Waals surface area contributed by atoms with Crippen LogP contribution in [0.2, 0.25) is 0 Å². The van der Waals surface area contributed by atoms with Crippen LogP contribution in [0.25, 0.3) is 0 Å². The van der Waals surface area contributed by atoms with Crippen LogP contribution in [0.4, 0.5) is 0 Å². The summed E-state index contributed by atoms with van der Waals surface area (Å²) in [4.78, 5) is 37.8. The second kappa shape index (κ2) is 51.5. The molecule has 0 saturated carbocycles. The van der Waals surface area contributed by atoms with E-state index < -0.39 is 32.5 Å². The van der Waals surface area contributed by atoms with Gasteiger partial charge in [0.05, 0.1) is 27.7 Å². The monoisotopic (exact) mass is 1020 g/mol. The third-order valence-electron chi connectivity index (χ3n) is 10.5. The van der Waals surface area contributed by atoms with Crippen LogP contribution >= 0.6 is 7.82 Å². The molecule has 10 heteroatoms. The minimum Gasteiger partial charge on any atom is -0.756 e. The fourth-order valence-corrected chi connectivity index (χ4v) is 7.13. The summed E-state index contributed by atoms with van der Waals surface area (Å²) in [5.41, 5.74) is 0. The number of unbranched alkanes of at least 4 members (excludes halogenated alkanes) is 7. The van der Waals surface area contributed by atoms with Crippen molar-refractivity contribution in [3.63, 3.8) is 0 Å². The van der Waals surface area contributed by atoms with Crippen molar-refractivity contribution >= 4 is 19.8 Å². The van der Waals surface area contributed by atoms with Gasteiger partial charge in [-0.3, -0.25) is 14.2 Å². The molecule has 0 aliphatic rings. The average Bonchev–Trinajstić information content (AvgIpc) is 3.34. The first kappa shape index (κ1) is 67.6. The smallest absolute Gasteiger partial charge is 0.306 e. The number of likely N-dealkylation sites (N-methyl/N-ethyl adjacent to an activating group) is 1. The van der Waals surface area contributed by atoms with Gasteiger partial charge in [0.2, 0.25) is 0 Å². The predicted molar refractivity (Wildman–Crippen MR) is 304 cm³/mol. The van der Waals surface area contributed by atoms with Crippen LogP contribution < -0.4 is 4.89 Å². The number of phosphoric acid groups is 1. The summed E-state index contributed by atoms with van der Waals surface area (Å²) in [6.07, 6.45) is 77.1. The van der Waals surface area contributed by atoms with Crippen molar-refractivity contribution in [2.75, 3.05) is 47.5 Å². The molecule has 0 aromatic rings. The van der Waals surface area contributed by atoms with Gasteiger partial charge in [-0.25, -0.2) is 0 Å². The summed E-state index contributed by atoms with van der Waals surface area (Å²) in [7, 11) is 1.09. The Kier molecular flexibility index (Phi) is 48.4. The minimum absolute atomic E-state index is 0.0534. The van der Waals surface area contributed by atoms with Crippen molar-refractivity contribution in [3.8, 4) is 0 Å². The second-order valence-corrected chi connectivity index (χ2v) is 19.9. The highest BCUT2D eigenvalue weighted by Crippen LogP contribution is 2.38. The summed E-state index contributed by atoms with van der Waals surface area (Å²) >= 11 is 0. The number of carbonyl (C=O) groups is 2. The first-order chi connectivity index (χ1) is 35.0. The molecule has 2 unspecified atom stereocenters. The average molecular weight is 1020 g/mol. The Hall–Kier alpha value is -4.37. The predicted octanol–water partition coefficient (Wildman–Crippen LogP) is 16.3. The van der Waals surface area contributed by atoms with E-state index in [0.29, 0.717) is 23.9 Å². The van der Waals surface area contributed by atoms with Crippen LogP contribution in [0.15, 0.2) is 158 Å². The first-order valence-corrected chi connectivity index (χ1v) is 28.7. The van der Waals surface area contributed by atoms with E-state index in [2.05, 4.69) is 172 Å². The molecule has 0 saturated heterocycles. The standard InChI is InChI=1S/C62H98NO8P/c1-6-8-10-12-14-16-18-20-22-24-26-28-29-30-31-32-33-35-37-39-41-43-45-47-49-51-53-55-62(65)71-60(59-70-72(66,67)69-57-56-63(3,4)5)58-68-61(64)54-52-50-48-46-44-42-40-38-36-34-27-25-23-21-19-17-15-13-11-9-7-2/h8-11,14-17,20-23,26-28,30-31,33-35,38-41,45,47,60H,6-7,12-13,18-19,24-25,29,32,36-37,42-44,46,48-59H2,1-5H3/b10-8-,11-9-,16-14-,17-15-,22-20-,23-21-,28-26-,31-30-,34-27-,35-33-,40-38-,41-39-,47-45-. The van der Waals surface area contributed by atoms with Crippen molar-refractivity contribution in [2.24, 2.45) is 0 Å². The van der Waals surface area contributed by atoms with E-state index in [1.54, 1.807) is 0 Å². The van der Waals surface area contributed by atoms with Crippen LogP contribution in [0, 0.1) is 0 Å². The Labute approximate surface area is 439 Å². The second-order valence-electron chi connectivity index (χ2n) is 18.5. The first-order valence-electron chi connectivity index (χ1n) is 27.2. The molecule has 0 amide bonds. The molecule has 0 N–H and O–H groups in total. The molecule has 0 rings (SSSR count). The molecule has 9 nitrogen and oxygen atoms in total. The highest BCUT2D eigenvalue weighted by Gasteiger charge is 2.21. The van der Waals surface area contributed by atoms with E-state index in [0.717, 1.165) is 128 Å². The van der Waals surface area contributed by atoms with Crippen LogP contribution in [-0.4, -0.2) is 70.0 Å². The van der Waals surface area contributed by atoms with Crippen molar-refractivity contribution in [2.45, 2.75) is 174 Å². The third kappa shape index (κ3) is 55.0. The molecule has 0 aromatic carbocycles. The third-order valence-corrected chi connectivity index (χ3v) is 11.5. The fourth-order valence-electron chi connectivity index (χ4n) is 6.40. The Bertz CT molecular complexity index is 1770. The summed E-state index contributed by atoms with van der Waals surface area (Å²) in [6, 6.07) is 0. The summed E-state index contributed by atoms with van der Waals surface area (Å²) in [5.74, 6) is -0.924. The van der Waals surface area contributed by atoms with E-state index in [4.69, 9.17) is 18.5 Å². The lowest BCUT2D eigenvalue weighted by atomic mass is 10.1. The largest absolute Gasteiger partial charge is 0.756 e. The lowest BCUT2D eigenvalue weighted by Gasteiger charge is -2.28. The van der Waals surface area contributed by atoms with Gasteiger partial charge in [-0.1, -0.05) is 191 Å². The van der Waals surface area contributed by atoms with Gasteiger partial charge in [-0.2, -0.15) is 0 Å². The van der Waals surface area contributed by atoms with Gasteiger partial charge in [0.25, 0.3) is 7.82 Å². The molecule has 0 heterocycles. The molecule has 72 heavy (non-hydrogen) atoms. The number of carbonyl (C=O) groups excluding carboxylic acids is 2. The lowest BCUT2D eigenvalue weighted by Crippen LogP contribution is -2.37. The normalized spacial score (nSPS) is 14.6. The van der Waals surface area contributed by atoms with Crippen molar-refractivity contribution in [3.05, 3.63) is 158 Å². The van der Waals surface area contributed by atoms with Crippen molar-refractivity contribution in [1.82, 2.24) is 0 Å². The van der Waals surface area contributed by atoms with Gasteiger partial charge in [0.1, 0.15) is 19.8 Å². The summed E-state index contributed by atoms with van der Waals surface area (Å²) in [5, 5.41) is 0. The Morgan fingerprint density at radius 3 is 1.14 bits per heavy atom. The number of allylic oxidation sites excluding steroid dienone is 26. The van der Waals surface area contributed by atoms with E-state index in [1.807, 2.05) is 21.1 Å². The number of esters is 2. The van der Waals surface area contributed by atoms with E-state index >= 15 is 0 Å². The molecule has 0 aliphatic heterocycles. The molecule has 2 atom stereocenters. The lowest BCUT2D eigenvalue weighted by molar-refractivity contribution is -0.870. The molecule has 0 radical (unpaired) electrons. The van der Waals surface area contributed by atoms with Crippen LogP contribution in [0.1, 0.15) is 168 Å². The van der Waals surface area contributed by atoms with Gasteiger partial charge >= 0.3 is 11.9 Å². The summed E-state index contributed by atoms with van der Waals surface area (Å²) < 4.78 is 34.0. The van der Waals surface area contributed by atoms with Gasteiger partial charge in [-0.15, -0.1) is 0 Å². The highest BCUT2D eigenvalue weighted by atomic mass is 31.2. The van der Waals surface area contributed by atoms with Crippen molar-refractivity contribution in [1.29, 1.82) is 0 Å². The number of ether oxygens (including phenoxy) is 2. The molecular weight excluding hydrogens is 918 g/mol. The van der Waals surface area contributed by atoms with Gasteiger partial charge in [0, 0.05) is 12.8 Å². The topological polar surface area (TPSA) is 111 Å². The molecular formula is C62H98NO8P. The number of quaternary nitrogens is 1. The van der Waals surface area contributed by atoms with Crippen LogP contribution in [0.3, 0.4) is 0 Å². The Morgan fingerprint density at radius 1 is 0.431 bits per heavy atom. The maximum atomic E-state index is 12.8. The number of rotatable bonds is 47. The molecule has 0 spiro atoms. The quantitative estimate of drug-likeness (QED) is 0.0195. The van der Waals surface area contributed by atoms with E-state index in [-0.39, 0.29) is 26.1 Å². The molecule has 0 aliphatic carbocycles. The molecule has 0 bridgehead atoms. The summed E-state index contributed by atoms with van der Waals surface area (Å²) in [6.45, 7) is 3.90. The highest BCUT2D eigenvalue weighted by molar-refractivity contribution is 7.45. The minimum atomic E-state index is -4.67. The zero-order valence-electron chi connectivity index (χ0n) is 45.5. The van der Waals surface area contributed by atoms with Gasteiger partial charge in [-0.05, 0) is 122 Å². The van der Waals surface area contributed by atoms with Gasteiger partial charge in [0.15, 0.2) is 6.10 Å². The zero-order chi connectivity index (χ0) is 52.7. The Balaban J connectivity index is 4.41. The maximum absolute atomic E-state index is 12.8. The number of nitrogens with zero attached hydrogens (tertiary/aromatic N) is 1. The molecule has 0 fully saturated rings. The van der Waals surface area contributed by atoms with E-state index in [9.17, 15) is 19.0 Å². The van der Waals surface area contributed by atoms with Crippen molar-refractivity contribution < 1.29 is 42.1 Å². The number of hydrogen-bond acceptors (Lipinski definition) is 8. The SMILES string of the molecule is CC/C=C\C/C=C\C/C=C\C/C=C\C/C=C\C/C=C\C/C=C\C/C=C\CCCCC(=O)OC(COC(=O)CCCCCCC/C=C\C/C=C\C/C=C\C/C=C\C/C=C\CC)COP(=O)([O-])OCC[N+](C)(C)C. The van der Waals surface area contributed by atoms with Gasteiger partial charge < -0.3 is 27.9 Å². The Morgan fingerprint density at radius 2 is 0.750 bits per heavy atom. The number of hydrogen-bond donors (Lipinski definition) is 0. The number of phosphoric ester groups is 1. The fraction of sp³-hybridized carbons (Fsp3) is 0.548. The zero-order valence-corrected chi connectivity index (χ0v) is 46.4. The van der Waals surface area contributed by atoms with E-state index in [1.165, 1.54) is 0 Å². The molecule has 0 aromatic heterocycles. The maximum Gasteiger partial charge on any atom is 0.306 e. The van der Waals surface area contributed by atoms with Crippen LogP contribution in [0.5, 0.6) is 0 Å². The van der Waals surface area contributed by atoms with Crippen LogP contribution in [-0.2, 0) is 32.7 Å². The molecule has 404 valence electrons.